The van der Waals surface area contributed by atoms with Gasteiger partial charge in [-0.3, -0.25) is 14.5 Å². The lowest BCUT2D eigenvalue weighted by atomic mass is 10.0. The Balaban J connectivity index is 1.65. The quantitative estimate of drug-likeness (QED) is 0.440. The minimum absolute atomic E-state index is 0.264. The number of pyridine rings is 1. The lowest BCUT2D eigenvalue weighted by Gasteiger charge is -2.13. The van der Waals surface area contributed by atoms with Crippen LogP contribution >= 0.6 is 0 Å². The molecule has 0 unspecified atom stereocenters. The van der Waals surface area contributed by atoms with Gasteiger partial charge in [0.15, 0.2) is 0 Å². The molecule has 1 amide bonds. The third kappa shape index (κ3) is 3.89. The number of hydrogen-bond donors (Lipinski definition) is 1. The average Bonchev–Trinajstić information content (AvgIpc) is 3.25. The molecule has 0 saturated carbocycles. The Morgan fingerprint density at radius 2 is 1.79 bits per heavy atom. The number of benzene rings is 2. The van der Waals surface area contributed by atoms with Crippen molar-refractivity contribution in [2.24, 2.45) is 7.05 Å². The van der Waals surface area contributed by atoms with Crippen LogP contribution in [0.2, 0.25) is 0 Å². The van der Waals surface area contributed by atoms with Crippen molar-refractivity contribution in [2.75, 3.05) is 12.4 Å². The molecular formula is C25H20N6O2. The van der Waals surface area contributed by atoms with Crippen LogP contribution in [0.25, 0.3) is 33.4 Å². The van der Waals surface area contributed by atoms with Crippen LogP contribution in [0, 0.1) is 0 Å². The van der Waals surface area contributed by atoms with Gasteiger partial charge >= 0.3 is 0 Å². The van der Waals surface area contributed by atoms with Gasteiger partial charge < -0.3 is 10.1 Å². The maximum atomic E-state index is 12.8. The van der Waals surface area contributed by atoms with Gasteiger partial charge in [-0.25, -0.2) is 9.97 Å². The molecule has 0 spiro atoms. The van der Waals surface area contributed by atoms with Crippen molar-refractivity contribution in [3.8, 4) is 28.3 Å². The summed E-state index contributed by atoms with van der Waals surface area (Å²) in [6.07, 6.45) is 6.61. The highest BCUT2D eigenvalue weighted by molar-refractivity contribution is 6.07. The van der Waals surface area contributed by atoms with Crippen LogP contribution in [0.4, 0.5) is 5.69 Å². The first-order valence-corrected chi connectivity index (χ1v) is 10.3. The maximum Gasteiger partial charge on any atom is 0.255 e. The molecule has 162 valence electrons. The van der Waals surface area contributed by atoms with Crippen molar-refractivity contribution in [1.82, 2.24) is 24.7 Å². The fourth-order valence-electron chi connectivity index (χ4n) is 3.73. The molecule has 2 aromatic carbocycles. The van der Waals surface area contributed by atoms with Gasteiger partial charge in [-0.1, -0.05) is 30.3 Å². The van der Waals surface area contributed by atoms with Gasteiger partial charge in [-0.2, -0.15) is 5.10 Å². The fraction of sp³-hybridized carbons (Fsp3) is 0.0800. The molecule has 0 aliphatic heterocycles. The second-order valence-electron chi connectivity index (χ2n) is 7.41. The monoisotopic (exact) mass is 436 g/mol. The first-order chi connectivity index (χ1) is 16.1. The number of anilines is 1. The number of carbonyl (C=O) groups excluding carboxylic acids is 1. The Hall–Kier alpha value is -4.59. The summed E-state index contributed by atoms with van der Waals surface area (Å²) >= 11 is 0. The predicted octanol–water partition coefficient (Wildman–Crippen LogP) is 4.35. The van der Waals surface area contributed by atoms with E-state index in [2.05, 4.69) is 25.4 Å². The molecule has 0 atom stereocenters. The molecule has 1 N–H and O–H groups in total. The van der Waals surface area contributed by atoms with Crippen molar-refractivity contribution in [2.45, 2.75) is 0 Å². The minimum atomic E-state index is -0.264. The smallest absolute Gasteiger partial charge is 0.255 e. The van der Waals surface area contributed by atoms with Crippen LogP contribution < -0.4 is 10.1 Å². The SMILES string of the molecule is COc1cc2ncnc(-c3cn(C)nc3-c3ccccc3)c2cc1NC(=O)c1ccncc1. The Labute approximate surface area is 189 Å². The number of hydrogen-bond acceptors (Lipinski definition) is 6. The summed E-state index contributed by atoms with van der Waals surface area (Å²) < 4.78 is 7.29. The zero-order valence-corrected chi connectivity index (χ0v) is 18.1. The standard InChI is InChI=1S/C25H20N6O2/c1-31-14-19(23(30-31)16-6-4-3-5-7-16)24-18-12-21(22(33-2)13-20(18)27-15-28-24)29-25(32)17-8-10-26-11-9-17/h3-15H,1-2H3,(H,29,32). The van der Waals surface area contributed by atoms with Crippen LogP contribution in [-0.2, 0) is 7.05 Å². The summed E-state index contributed by atoms with van der Waals surface area (Å²) in [6, 6.07) is 16.9. The lowest BCUT2D eigenvalue weighted by Crippen LogP contribution is -2.12. The van der Waals surface area contributed by atoms with Crippen LogP contribution in [0.5, 0.6) is 5.75 Å². The molecule has 3 aromatic heterocycles. The van der Waals surface area contributed by atoms with Crippen molar-refractivity contribution in [3.63, 3.8) is 0 Å². The summed E-state index contributed by atoms with van der Waals surface area (Å²) in [5.74, 6) is 0.240. The molecule has 5 rings (SSSR count). The number of carbonyl (C=O) groups is 1. The number of amides is 1. The van der Waals surface area contributed by atoms with Crippen molar-refractivity contribution >= 4 is 22.5 Å². The Bertz CT molecular complexity index is 1450. The number of nitrogens with zero attached hydrogens (tertiary/aromatic N) is 5. The maximum absolute atomic E-state index is 12.8. The van der Waals surface area contributed by atoms with Crippen molar-refractivity contribution < 1.29 is 9.53 Å². The van der Waals surface area contributed by atoms with E-state index in [4.69, 9.17) is 4.74 Å². The third-order valence-electron chi connectivity index (χ3n) is 5.28. The highest BCUT2D eigenvalue weighted by atomic mass is 16.5. The molecule has 0 aliphatic carbocycles. The molecule has 0 bridgehead atoms. The Morgan fingerprint density at radius 3 is 2.55 bits per heavy atom. The van der Waals surface area contributed by atoms with E-state index in [1.165, 1.54) is 6.33 Å². The first-order valence-electron chi connectivity index (χ1n) is 10.3. The molecule has 0 fully saturated rings. The van der Waals surface area contributed by atoms with Crippen LogP contribution in [-0.4, -0.2) is 37.7 Å². The summed E-state index contributed by atoms with van der Waals surface area (Å²) in [6.45, 7) is 0. The third-order valence-corrected chi connectivity index (χ3v) is 5.28. The zero-order chi connectivity index (χ0) is 22.8. The summed E-state index contributed by atoms with van der Waals surface area (Å²) in [5, 5.41) is 8.37. The molecular weight excluding hydrogens is 416 g/mol. The molecule has 0 saturated heterocycles. The van der Waals surface area contributed by atoms with Crippen LogP contribution in [0.1, 0.15) is 10.4 Å². The van der Waals surface area contributed by atoms with Gasteiger partial charge in [0.1, 0.15) is 17.8 Å². The minimum Gasteiger partial charge on any atom is -0.494 e. The Kier molecular flexibility index (Phi) is 5.24. The van der Waals surface area contributed by atoms with E-state index in [1.54, 1.807) is 42.4 Å². The number of ether oxygens (including phenoxy) is 1. The van der Waals surface area contributed by atoms with Gasteiger partial charge in [-0.15, -0.1) is 0 Å². The predicted molar refractivity (Wildman–Crippen MR) is 126 cm³/mol. The molecule has 8 heteroatoms. The molecule has 0 radical (unpaired) electrons. The van der Waals surface area contributed by atoms with E-state index in [1.807, 2.05) is 49.6 Å². The van der Waals surface area contributed by atoms with Gasteiger partial charge in [0.25, 0.3) is 5.91 Å². The highest BCUT2D eigenvalue weighted by Gasteiger charge is 2.19. The highest BCUT2D eigenvalue weighted by Crippen LogP contribution is 2.37. The molecule has 33 heavy (non-hydrogen) atoms. The summed E-state index contributed by atoms with van der Waals surface area (Å²) in [4.78, 5) is 25.7. The van der Waals surface area contributed by atoms with Gasteiger partial charge in [0.05, 0.1) is 24.0 Å². The van der Waals surface area contributed by atoms with E-state index >= 15 is 0 Å². The topological polar surface area (TPSA) is 94.8 Å². The summed E-state index contributed by atoms with van der Waals surface area (Å²) in [7, 11) is 3.43. The van der Waals surface area contributed by atoms with E-state index < -0.39 is 0 Å². The molecule has 3 heterocycles. The summed E-state index contributed by atoms with van der Waals surface area (Å²) in [5.41, 5.74) is 5.10. The molecule has 0 aliphatic rings. The normalized spacial score (nSPS) is 10.8. The number of aromatic nitrogens is 5. The van der Waals surface area contributed by atoms with E-state index in [-0.39, 0.29) is 5.91 Å². The lowest BCUT2D eigenvalue weighted by molar-refractivity contribution is 0.102. The first kappa shape index (κ1) is 20.3. The average molecular weight is 436 g/mol. The van der Waals surface area contributed by atoms with E-state index in [0.717, 1.165) is 22.2 Å². The zero-order valence-electron chi connectivity index (χ0n) is 18.1. The number of fused-ring (bicyclic) bond motifs is 1. The Morgan fingerprint density at radius 1 is 1.00 bits per heavy atom. The van der Waals surface area contributed by atoms with Gasteiger partial charge in [-0.05, 0) is 18.2 Å². The van der Waals surface area contributed by atoms with Gasteiger partial charge in [0, 0.05) is 53.8 Å². The van der Waals surface area contributed by atoms with Crippen LogP contribution in [0.15, 0.2) is 79.5 Å². The second-order valence-corrected chi connectivity index (χ2v) is 7.41. The van der Waals surface area contributed by atoms with Crippen LogP contribution in [0.3, 0.4) is 0 Å². The van der Waals surface area contributed by atoms with Crippen molar-refractivity contribution in [1.29, 1.82) is 0 Å². The number of aryl methyl sites for hydroxylation is 1. The van der Waals surface area contributed by atoms with Crippen molar-refractivity contribution in [3.05, 3.63) is 85.1 Å². The second kappa shape index (κ2) is 8.51. The fourth-order valence-corrected chi connectivity index (χ4v) is 3.73. The number of rotatable bonds is 5. The van der Waals surface area contributed by atoms with E-state index in [0.29, 0.717) is 28.2 Å². The number of methoxy groups -OCH3 is 1. The molecule has 5 aromatic rings. The molecule has 8 nitrogen and oxygen atoms in total. The number of nitrogens with one attached hydrogen (secondary N) is 1. The largest absolute Gasteiger partial charge is 0.494 e. The van der Waals surface area contributed by atoms with E-state index in [9.17, 15) is 4.79 Å². The van der Waals surface area contributed by atoms with Gasteiger partial charge in [0.2, 0.25) is 0 Å².